The summed E-state index contributed by atoms with van der Waals surface area (Å²) in [6.45, 7) is 0. The van der Waals surface area contributed by atoms with E-state index in [-0.39, 0.29) is 24.4 Å². The summed E-state index contributed by atoms with van der Waals surface area (Å²) >= 11 is 0. The van der Waals surface area contributed by atoms with Gasteiger partial charge in [-0.15, -0.1) is 0 Å². The lowest BCUT2D eigenvalue weighted by atomic mass is 10.0. The van der Waals surface area contributed by atoms with Crippen molar-refractivity contribution < 1.29 is 13.6 Å². The van der Waals surface area contributed by atoms with E-state index in [4.69, 9.17) is 5.73 Å². The predicted octanol–water partition coefficient (Wildman–Crippen LogP) is 3.59. The number of nitrogens with one attached hydrogen (secondary N) is 1. The Labute approximate surface area is 187 Å². The number of hydrogen-bond acceptors (Lipinski definition) is 6. The van der Waals surface area contributed by atoms with Crippen molar-refractivity contribution in [3.63, 3.8) is 0 Å². The minimum absolute atomic E-state index is 0.152. The maximum absolute atomic E-state index is 14.1. The number of nitrogen functional groups attached to an aromatic ring is 1. The molecule has 0 aliphatic heterocycles. The summed E-state index contributed by atoms with van der Waals surface area (Å²) in [5, 5.41) is 7.66. The molecule has 3 aromatic heterocycles. The smallest absolute Gasteiger partial charge is 0.274 e. The first-order valence-electron chi connectivity index (χ1n) is 10.5. The van der Waals surface area contributed by atoms with E-state index in [2.05, 4.69) is 25.4 Å². The molecule has 4 aromatic rings. The Hall–Kier alpha value is -3.95. The summed E-state index contributed by atoms with van der Waals surface area (Å²) in [6, 6.07) is 9.76. The molecule has 3 N–H and O–H groups in total. The van der Waals surface area contributed by atoms with Crippen LogP contribution in [0.2, 0.25) is 0 Å². The Morgan fingerprint density at radius 3 is 2.79 bits per heavy atom. The summed E-state index contributed by atoms with van der Waals surface area (Å²) in [5.41, 5.74) is 8.63. The molecule has 3 heterocycles. The van der Waals surface area contributed by atoms with Crippen molar-refractivity contribution in [3.05, 3.63) is 54.5 Å². The maximum atomic E-state index is 14.1. The fraction of sp³-hybridized carbons (Fsp3) is 0.261. The Morgan fingerprint density at radius 2 is 2.06 bits per heavy atom. The quantitative estimate of drug-likeness (QED) is 0.493. The second kappa shape index (κ2) is 7.88. The van der Waals surface area contributed by atoms with Crippen molar-refractivity contribution >= 4 is 22.6 Å². The number of carbonyl (C=O) groups excluding carboxylic acids is 1. The topological polar surface area (TPSA) is 112 Å². The molecule has 1 unspecified atom stereocenters. The summed E-state index contributed by atoms with van der Waals surface area (Å²) in [6.07, 6.45) is 3.74. The van der Waals surface area contributed by atoms with Gasteiger partial charge in [-0.25, -0.2) is 18.7 Å². The first kappa shape index (κ1) is 20.9. The van der Waals surface area contributed by atoms with Gasteiger partial charge in [-0.3, -0.25) is 14.5 Å². The molecule has 1 amide bonds. The zero-order valence-electron chi connectivity index (χ0n) is 17.8. The number of carbonyl (C=O) groups is 1. The fourth-order valence-corrected chi connectivity index (χ4v) is 4.09. The van der Waals surface area contributed by atoms with E-state index >= 15 is 0 Å². The van der Waals surface area contributed by atoms with Gasteiger partial charge in [-0.1, -0.05) is 12.1 Å². The number of benzene rings is 1. The number of alkyl halides is 2. The Bertz CT molecular complexity index is 1370. The van der Waals surface area contributed by atoms with Crippen LogP contribution in [0.4, 0.5) is 14.6 Å². The van der Waals surface area contributed by atoms with Gasteiger partial charge in [-0.05, 0) is 37.1 Å². The van der Waals surface area contributed by atoms with E-state index < -0.39 is 17.9 Å². The molecule has 10 heteroatoms. The number of halogens is 2. The molecule has 0 spiro atoms. The molecular weight excluding hydrogens is 428 g/mol. The lowest BCUT2D eigenvalue weighted by molar-refractivity contribution is -0.0165. The third-order valence-corrected chi connectivity index (χ3v) is 5.79. The molecule has 1 saturated carbocycles. The average Bonchev–Trinajstić information content (AvgIpc) is 3.37. The first-order chi connectivity index (χ1) is 15.8. The van der Waals surface area contributed by atoms with Crippen LogP contribution in [-0.4, -0.2) is 42.6 Å². The highest BCUT2D eigenvalue weighted by molar-refractivity contribution is 5.98. The van der Waals surface area contributed by atoms with Crippen LogP contribution in [0.25, 0.3) is 33.5 Å². The van der Waals surface area contributed by atoms with E-state index in [1.165, 1.54) is 0 Å². The van der Waals surface area contributed by atoms with Crippen molar-refractivity contribution in [2.45, 2.75) is 31.2 Å². The summed E-state index contributed by atoms with van der Waals surface area (Å²) < 4.78 is 29.7. The van der Waals surface area contributed by atoms with E-state index in [1.54, 1.807) is 30.2 Å². The fourth-order valence-electron chi connectivity index (χ4n) is 4.09. The molecule has 1 atom stereocenters. The average molecular weight is 449 g/mol. The van der Waals surface area contributed by atoms with Gasteiger partial charge in [0.1, 0.15) is 11.4 Å². The highest BCUT2D eigenvalue weighted by Gasteiger charge is 2.45. The van der Waals surface area contributed by atoms with Crippen molar-refractivity contribution in [2.75, 3.05) is 5.73 Å². The minimum atomic E-state index is -2.96. The van der Waals surface area contributed by atoms with Gasteiger partial charge in [0.25, 0.3) is 11.8 Å². The van der Waals surface area contributed by atoms with Crippen LogP contribution < -0.4 is 11.1 Å². The van der Waals surface area contributed by atoms with Crippen molar-refractivity contribution in [1.82, 2.24) is 30.0 Å². The molecule has 0 saturated heterocycles. The van der Waals surface area contributed by atoms with Crippen LogP contribution in [0.3, 0.4) is 0 Å². The summed E-state index contributed by atoms with van der Waals surface area (Å²) in [7, 11) is 1.77. The van der Waals surface area contributed by atoms with Crippen LogP contribution in [0.15, 0.2) is 48.8 Å². The third-order valence-electron chi connectivity index (χ3n) is 5.79. The summed E-state index contributed by atoms with van der Waals surface area (Å²) in [4.78, 5) is 26.2. The number of aromatic nitrogens is 5. The number of anilines is 1. The first-order valence-corrected chi connectivity index (χ1v) is 10.5. The number of nitrogens with two attached hydrogens (primary N) is 1. The Kier molecular flexibility index (Phi) is 4.99. The molecule has 1 aliphatic rings. The molecule has 1 aromatic carbocycles. The summed E-state index contributed by atoms with van der Waals surface area (Å²) in [5.74, 6) is -3.89. The molecule has 1 fully saturated rings. The molecule has 0 bridgehead atoms. The van der Waals surface area contributed by atoms with Gasteiger partial charge >= 0.3 is 0 Å². The van der Waals surface area contributed by atoms with Gasteiger partial charge in [-0.2, -0.15) is 5.10 Å². The second-order valence-electron chi connectivity index (χ2n) is 8.12. The maximum Gasteiger partial charge on any atom is 0.274 e. The zero-order chi connectivity index (χ0) is 23.2. The monoisotopic (exact) mass is 449 g/mol. The number of fused-ring (bicyclic) bond motifs is 1. The molecule has 5 rings (SSSR count). The largest absolute Gasteiger partial charge is 0.382 e. The van der Waals surface area contributed by atoms with Gasteiger partial charge in [0.15, 0.2) is 11.5 Å². The van der Waals surface area contributed by atoms with E-state index in [9.17, 15) is 13.6 Å². The molecular formula is C23H21F2N7O. The van der Waals surface area contributed by atoms with Crippen LogP contribution >= 0.6 is 0 Å². The molecule has 8 nitrogen and oxygen atoms in total. The van der Waals surface area contributed by atoms with Crippen LogP contribution in [0.5, 0.6) is 0 Å². The molecule has 168 valence electrons. The van der Waals surface area contributed by atoms with Crippen LogP contribution in [-0.2, 0) is 7.05 Å². The highest BCUT2D eigenvalue weighted by Crippen LogP contribution is 2.36. The van der Waals surface area contributed by atoms with E-state index in [0.717, 1.165) is 10.9 Å². The van der Waals surface area contributed by atoms with Crippen molar-refractivity contribution in [1.29, 1.82) is 0 Å². The van der Waals surface area contributed by atoms with Gasteiger partial charge in [0, 0.05) is 36.8 Å². The Balaban J connectivity index is 1.62. The number of pyridine rings is 1. The zero-order valence-corrected chi connectivity index (χ0v) is 17.8. The molecule has 33 heavy (non-hydrogen) atoms. The van der Waals surface area contributed by atoms with Crippen LogP contribution in [0.1, 0.15) is 29.8 Å². The van der Waals surface area contributed by atoms with Gasteiger partial charge in [0.2, 0.25) is 0 Å². The highest BCUT2D eigenvalue weighted by atomic mass is 19.3. The number of rotatable bonds is 4. The lowest BCUT2D eigenvalue weighted by Crippen LogP contribution is -2.44. The van der Waals surface area contributed by atoms with Gasteiger partial charge < -0.3 is 11.1 Å². The number of amides is 1. The second-order valence-corrected chi connectivity index (χ2v) is 8.12. The standard InChI is InChI=1S/C23H21F2N7O/c1-32-11-8-16(31-32)19-18(14-6-7-15-13(12-14)4-3-10-27-15)29-20(21(26)30-19)22(33)28-17-5-2-9-23(17,24)25/h3-4,6-8,10-12,17H,2,5,9H2,1H3,(H2,26,30)(H,28,33). The van der Waals surface area contributed by atoms with Gasteiger partial charge in [0.05, 0.1) is 17.3 Å². The Morgan fingerprint density at radius 1 is 1.21 bits per heavy atom. The normalized spacial score (nSPS) is 17.4. The number of hydrogen-bond donors (Lipinski definition) is 2. The minimum Gasteiger partial charge on any atom is -0.382 e. The third kappa shape index (κ3) is 3.88. The van der Waals surface area contributed by atoms with Crippen molar-refractivity contribution in [2.24, 2.45) is 7.05 Å². The number of nitrogens with zero attached hydrogens (tertiary/aromatic N) is 5. The van der Waals surface area contributed by atoms with E-state index in [0.29, 0.717) is 29.1 Å². The SMILES string of the molecule is Cn1ccc(-c2nc(N)c(C(=O)NC3CCCC3(F)F)nc2-c2ccc3ncccc3c2)n1. The predicted molar refractivity (Wildman–Crippen MR) is 119 cm³/mol. The number of aryl methyl sites for hydroxylation is 1. The van der Waals surface area contributed by atoms with Crippen LogP contribution in [0, 0.1) is 0 Å². The molecule has 0 radical (unpaired) electrons. The van der Waals surface area contributed by atoms with Crippen molar-refractivity contribution in [3.8, 4) is 22.6 Å². The molecule has 1 aliphatic carbocycles. The lowest BCUT2D eigenvalue weighted by Gasteiger charge is -2.20. The van der Waals surface area contributed by atoms with E-state index in [1.807, 2.05) is 30.3 Å².